The Kier molecular flexibility index (Phi) is 7.84. The van der Waals surface area contributed by atoms with Crippen LogP contribution in [0, 0.1) is 6.92 Å². The molecule has 0 fully saturated rings. The van der Waals surface area contributed by atoms with Gasteiger partial charge in [-0.3, -0.25) is 0 Å². The monoisotopic (exact) mass is 790 g/mol. The number of ether oxygens (including phenoxy) is 1. The summed E-state index contributed by atoms with van der Waals surface area (Å²) in [5, 5.41) is 7.51. The third-order valence-corrected chi connectivity index (χ3v) is 14.2. The molecule has 278 valence electrons. The summed E-state index contributed by atoms with van der Waals surface area (Å²) in [5.74, 6) is 1.70. The lowest BCUT2D eigenvalue weighted by atomic mass is 9.99. The Morgan fingerprint density at radius 3 is 1.31 bits per heavy atom. The minimum Gasteiger partial charge on any atom is -0.457 e. The second-order valence-electron chi connectivity index (χ2n) is 15.3. The number of hydrogen-bond acceptors (Lipinski definition) is 4. The molecule has 0 spiro atoms. The van der Waals surface area contributed by atoms with Crippen LogP contribution in [0.4, 0.5) is 0 Å². The fourth-order valence-electron chi connectivity index (χ4n) is 8.61. The van der Waals surface area contributed by atoms with Gasteiger partial charge in [0, 0.05) is 41.7 Å². The summed E-state index contributed by atoms with van der Waals surface area (Å²) in [6, 6.07) is 67.4. The van der Waals surface area contributed by atoms with Crippen molar-refractivity contribution in [2.45, 2.75) is 6.92 Å². The number of aryl methyl sites for hydroxylation is 1. The quantitative estimate of drug-likeness (QED) is 0.167. The second kappa shape index (κ2) is 13.6. The van der Waals surface area contributed by atoms with Crippen molar-refractivity contribution >= 4 is 85.0 Å². The average molecular weight is 791 g/mol. The lowest BCUT2D eigenvalue weighted by Gasteiger charge is -2.11. The van der Waals surface area contributed by atoms with Gasteiger partial charge in [0.1, 0.15) is 22.7 Å². The normalized spacial score (nSPS) is 11.8. The van der Waals surface area contributed by atoms with Crippen LogP contribution in [-0.2, 0) is 0 Å². The van der Waals surface area contributed by atoms with Crippen molar-refractivity contribution < 1.29 is 9.15 Å². The van der Waals surface area contributed by atoms with Gasteiger partial charge < -0.3 is 9.15 Å². The molecule has 12 rings (SSSR count). The molecular weight excluding hydrogens is 757 g/mol. The maximum Gasteiger partial charge on any atom is 0.135 e. The third kappa shape index (κ3) is 5.83. The summed E-state index contributed by atoms with van der Waals surface area (Å²) in [4.78, 5) is 0. The van der Waals surface area contributed by atoms with E-state index in [1.807, 2.05) is 28.7 Å². The lowest BCUT2D eigenvalue weighted by molar-refractivity contribution is 0.479. The summed E-state index contributed by atoms with van der Waals surface area (Å²) in [6.07, 6.45) is 0. The Morgan fingerprint density at radius 2 is 0.780 bits per heavy atom. The summed E-state index contributed by atoms with van der Waals surface area (Å²) in [6.45, 7) is 2.10. The Hall–Kier alpha value is -6.98. The van der Waals surface area contributed by atoms with Gasteiger partial charge >= 0.3 is 0 Å². The molecule has 0 saturated heterocycles. The van der Waals surface area contributed by atoms with E-state index in [-0.39, 0.29) is 0 Å². The summed E-state index contributed by atoms with van der Waals surface area (Å²) in [7, 11) is 0. The molecule has 0 radical (unpaired) electrons. The first-order valence-electron chi connectivity index (χ1n) is 19.9. The van der Waals surface area contributed by atoms with E-state index >= 15 is 0 Å². The predicted octanol–water partition coefficient (Wildman–Crippen LogP) is 17.1. The Bertz CT molecular complexity index is 3570. The molecule has 0 amide bonds. The zero-order valence-corrected chi connectivity index (χ0v) is 33.7. The van der Waals surface area contributed by atoms with E-state index in [2.05, 4.69) is 189 Å². The molecular formula is C55H34O2S2. The molecule has 0 saturated carbocycles. The topological polar surface area (TPSA) is 22.4 Å². The molecule has 4 heteroatoms. The van der Waals surface area contributed by atoms with Crippen molar-refractivity contribution in [2.24, 2.45) is 0 Å². The van der Waals surface area contributed by atoms with Gasteiger partial charge in [-0.1, -0.05) is 115 Å². The highest BCUT2D eigenvalue weighted by atomic mass is 32.1. The maximum atomic E-state index is 6.35. The molecule has 0 bridgehead atoms. The van der Waals surface area contributed by atoms with E-state index in [4.69, 9.17) is 9.15 Å². The van der Waals surface area contributed by atoms with Crippen LogP contribution in [0.2, 0.25) is 0 Å². The van der Waals surface area contributed by atoms with Gasteiger partial charge in [0.05, 0.1) is 9.40 Å². The smallest absolute Gasteiger partial charge is 0.135 e. The second-order valence-corrected chi connectivity index (χ2v) is 17.4. The van der Waals surface area contributed by atoms with E-state index in [1.165, 1.54) is 84.9 Å². The number of thiophene rings is 2. The van der Waals surface area contributed by atoms with Crippen LogP contribution in [0.5, 0.6) is 11.5 Å². The largest absolute Gasteiger partial charge is 0.457 e. The van der Waals surface area contributed by atoms with E-state index in [0.29, 0.717) is 0 Å². The molecule has 59 heavy (non-hydrogen) atoms. The zero-order valence-electron chi connectivity index (χ0n) is 32.0. The third-order valence-electron chi connectivity index (χ3n) is 11.7. The fourth-order valence-corrected chi connectivity index (χ4v) is 11.1. The van der Waals surface area contributed by atoms with Crippen LogP contribution in [0.25, 0.3) is 107 Å². The number of benzene rings is 9. The van der Waals surface area contributed by atoms with Crippen molar-refractivity contribution in [2.75, 3.05) is 0 Å². The van der Waals surface area contributed by atoms with Crippen molar-refractivity contribution in [1.29, 1.82) is 0 Å². The summed E-state index contributed by atoms with van der Waals surface area (Å²) in [5.41, 5.74) is 12.5. The van der Waals surface area contributed by atoms with Crippen molar-refractivity contribution in [1.82, 2.24) is 0 Å². The molecule has 12 aromatic rings. The van der Waals surface area contributed by atoms with E-state index in [0.717, 1.165) is 39.0 Å². The summed E-state index contributed by atoms with van der Waals surface area (Å²) >= 11 is 3.80. The van der Waals surface area contributed by atoms with Crippen molar-refractivity contribution in [3.63, 3.8) is 0 Å². The molecule has 0 aliphatic heterocycles. The Morgan fingerprint density at radius 1 is 0.356 bits per heavy atom. The van der Waals surface area contributed by atoms with Crippen LogP contribution in [0.15, 0.2) is 192 Å². The average Bonchev–Trinajstić information content (AvgIpc) is 3.98. The molecule has 0 unspecified atom stereocenters. The van der Waals surface area contributed by atoms with Crippen LogP contribution in [0.3, 0.4) is 0 Å². The van der Waals surface area contributed by atoms with Crippen molar-refractivity contribution in [3.05, 3.63) is 194 Å². The molecule has 3 heterocycles. The van der Waals surface area contributed by atoms with Gasteiger partial charge in [-0.15, -0.1) is 22.7 Å². The first kappa shape index (κ1) is 34.1. The standard InChI is InChI=1S/C55H34O2S2/c1-33-28-37(34-8-4-2-5-9-34)14-23-49(33)56-42-19-12-36(13-20-42)39-17-26-52-47(31-39)43-21-22-44-48-32-41(18-27-53(48)59-55(44)54(43)58-52)40-16-25-51-46(30-40)45-29-38(15-24-50(45)57-51)35-10-6-3-7-11-35/h2-32H,1H3. The zero-order chi connectivity index (χ0) is 39.0. The number of furan rings is 1. The fraction of sp³-hybridized carbons (Fsp3) is 0.0182. The number of hydrogen-bond donors (Lipinski definition) is 0. The van der Waals surface area contributed by atoms with Gasteiger partial charge in [0.15, 0.2) is 0 Å². The Labute approximate surface area is 348 Å². The minimum absolute atomic E-state index is 0.828. The lowest BCUT2D eigenvalue weighted by Crippen LogP contribution is -1.89. The van der Waals surface area contributed by atoms with Crippen LogP contribution in [-0.4, -0.2) is 0 Å². The Balaban J connectivity index is 0.855. The molecule has 0 aliphatic rings. The van der Waals surface area contributed by atoms with E-state index in [9.17, 15) is 0 Å². The molecule has 2 nitrogen and oxygen atoms in total. The van der Waals surface area contributed by atoms with E-state index in [1.54, 1.807) is 0 Å². The number of fused-ring (bicyclic) bond motifs is 10. The molecule has 0 atom stereocenters. The summed E-state index contributed by atoms with van der Waals surface area (Å²) < 4.78 is 18.0. The molecule has 3 aromatic heterocycles. The predicted molar refractivity (Wildman–Crippen MR) is 252 cm³/mol. The van der Waals surface area contributed by atoms with Gasteiger partial charge in [0.2, 0.25) is 0 Å². The van der Waals surface area contributed by atoms with Crippen LogP contribution >= 0.6 is 22.7 Å². The highest BCUT2D eigenvalue weighted by Crippen LogP contribution is 2.46. The molecule has 0 N–H and O–H groups in total. The number of rotatable bonds is 6. The molecule has 0 aliphatic carbocycles. The minimum atomic E-state index is 0.828. The highest BCUT2D eigenvalue weighted by molar-refractivity contribution is 7.33. The van der Waals surface area contributed by atoms with Gasteiger partial charge in [0.25, 0.3) is 0 Å². The SMILES string of the molecule is Cc1cc(-c2ccccc2)ccc1Oc1ccc(-c2ccc3sc4c(ccc5c6cc(-c7ccc8oc9ccc(-c%10ccccc%10)cc9c8c7)ccc6sc54)c3c2)cc1. The van der Waals surface area contributed by atoms with Crippen LogP contribution in [0.1, 0.15) is 5.56 Å². The first-order chi connectivity index (χ1) is 29.1. The maximum absolute atomic E-state index is 6.35. The van der Waals surface area contributed by atoms with Gasteiger partial charge in [-0.05, 0) is 130 Å². The van der Waals surface area contributed by atoms with Gasteiger partial charge in [-0.2, -0.15) is 0 Å². The van der Waals surface area contributed by atoms with Crippen LogP contribution < -0.4 is 4.74 Å². The molecule has 9 aromatic carbocycles. The van der Waals surface area contributed by atoms with Crippen molar-refractivity contribution in [3.8, 4) is 56.0 Å². The first-order valence-corrected chi connectivity index (χ1v) is 21.5. The highest BCUT2D eigenvalue weighted by Gasteiger charge is 2.16. The van der Waals surface area contributed by atoms with Gasteiger partial charge in [-0.25, -0.2) is 0 Å². The van der Waals surface area contributed by atoms with E-state index < -0.39 is 0 Å².